The van der Waals surface area contributed by atoms with Gasteiger partial charge in [-0.25, -0.2) is 22.3 Å². The van der Waals surface area contributed by atoms with Gasteiger partial charge in [-0.1, -0.05) is 42.5 Å². The molecule has 0 aromatic heterocycles. The number of piperidine rings is 1. The van der Waals surface area contributed by atoms with Crippen LogP contribution in [0.5, 0.6) is 0 Å². The summed E-state index contributed by atoms with van der Waals surface area (Å²) in [6.45, 7) is 0.492. The van der Waals surface area contributed by atoms with Crippen molar-refractivity contribution in [1.82, 2.24) is 9.62 Å². The summed E-state index contributed by atoms with van der Waals surface area (Å²) < 4.78 is 45.4. The first-order chi connectivity index (χ1) is 13.8. The molecule has 1 aliphatic rings. The number of nitrogens with one attached hydrogen (secondary N) is 1. The van der Waals surface area contributed by atoms with E-state index in [1.165, 1.54) is 13.2 Å². The fourth-order valence-corrected chi connectivity index (χ4v) is 4.69. The van der Waals surface area contributed by atoms with Crippen LogP contribution in [0.25, 0.3) is 11.1 Å². The average molecular weight is 421 g/mol. The molecule has 1 fully saturated rings. The minimum atomic E-state index is -3.44. The highest BCUT2D eigenvalue weighted by Crippen LogP contribution is 2.27. The lowest BCUT2D eigenvalue weighted by molar-refractivity contribution is 0.0792. The van der Waals surface area contributed by atoms with Crippen LogP contribution in [0, 0.1) is 5.82 Å². The maximum absolute atomic E-state index is 14.2. The molecule has 156 valence electrons. The van der Waals surface area contributed by atoms with Crippen molar-refractivity contribution >= 4 is 16.1 Å². The number of rotatable bonds is 5. The molecular weight excluding hydrogens is 395 g/mol. The number of benzene rings is 2. The molecule has 2 aromatic rings. The molecule has 1 aliphatic heterocycles. The van der Waals surface area contributed by atoms with E-state index in [2.05, 4.69) is 4.72 Å². The highest BCUT2D eigenvalue weighted by Gasteiger charge is 2.36. The third kappa shape index (κ3) is 5.33. The molecule has 0 saturated carbocycles. The predicted molar refractivity (Wildman–Crippen MR) is 109 cm³/mol. The van der Waals surface area contributed by atoms with Gasteiger partial charge in [-0.15, -0.1) is 0 Å². The second kappa shape index (κ2) is 8.92. The molecule has 1 saturated heterocycles. The maximum Gasteiger partial charge on any atom is 0.409 e. The van der Waals surface area contributed by atoms with Gasteiger partial charge < -0.3 is 9.64 Å². The topological polar surface area (TPSA) is 75.7 Å². The number of hydrogen-bond donors (Lipinski definition) is 1. The molecule has 8 heteroatoms. The zero-order chi connectivity index (χ0) is 21.0. The number of carbonyl (C=O) groups excluding carboxylic acids is 1. The maximum atomic E-state index is 14.2. The Kier molecular flexibility index (Phi) is 6.54. The van der Waals surface area contributed by atoms with Crippen molar-refractivity contribution in [2.24, 2.45) is 0 Å². The van der Waals surface area contributed by atoms with E-state index >= 15 is 0 Å². The van der Waals surface area contributed by atoms with Gasteiger partial charge in [-0.3, -0.25) is 0 Å². The molecule has 2 aromatic carbocycles. The van der Waals surface area contributed by atoms with Crippen molar-refractivity contribution in [3.05, 3.63) is 59.9 Å². The zero-order valence-corrected chi connectivity index (χ0v) is 17.3. The molecule has 0 radical (unpaired) electrons. The second-order valence-electron chi connectivity index (χ2n) is 7.25. The monoisotopic (exact) mass is 420 g/mol. The van der Waals surface area contributed by atoms with Gasteiger partial charge in [0.1, 0.15) is 5.82 Å². The third-order valence-corrected chi connectivity index (χ3v) is 5.84. The summed E-state index contributed by atoms with van der Waals surface area (Å²) in [5.74, 6) is -0.310. The first kappa shape index (κ1) is 21.3. The van der Waals surface area contributed by atoms with Crippen molar-refractivity contribution in [2.45, 2.75) is 31.3 Å². The Labute approximate surface area is 170 Å². The van der Waals surface area contributed by atoms with Gasteiger partial charge >= 0.3 is 6.09 Å². The Bertz CT molecular complexity index is 980. The summed E-state index contributed by atoms with van der Waals surface area (Å²) in [5, 5.41) is 0. The van der Waals surface area contributed by atoms with Crippen LogP contribution in [-0.4, -0.2) is 51.4 Å². The van der Waals surface area contributed by atoms with Gasteiger partial charge in [0.15, 0.2) is 0 Å². The van der Waals surface area contributed by atoms with E-state index in [1.807, 2.05) is 24.3 Å². The van der Waals surface area contributed by atoms with Crippen molar-refractivity contribution in [3.8, 4) is 11.1 Å². The second-order valence-corrected chi connectivity index (χ2v) is 9.03. The largest absolute Gasteiger partial charge is 0.453 e. The molecule has 29 heavy (non-hydrogen) atoms. The molecule has 0 aliphatic carbocycles. The summed E-state index contributed by atoms with van der Waals surface area (Å²) in [5.41, 5.74) is 2.11. The molecule has 0 bridgehead atoms. The molecular formula is C21H25FN2O4S. The van der Waals surface area contributed by atoms with Gasteiger partial charge in [-0.05, 0) is 36.5 Å². The summed E-state index contributed by atoms with van der Waals surface area (Å²) in [6.07, 6.45) is 2.34. The van der Waals surface area contributed by atoms with Gasteiger partial charge in [0.05, 0.1) is 19.4 Å². The molecule has 0 spiro atoms. The van der Waals surface area contributed by atoms with Crippen LogP contribution in [0.2, 0.25) is 0 Å². The molecule has 2 atom stereocenters. The molecule has 3 rings (SSSR count). The lowest BCUT2D eigenvalue weighted by Crippen LogP contribution is -2.57. The SMILES string of the molecule is COC(=O)N1CCCC(NS(C)(=O)=O)C1Cc1cccc(-c2ccccc2F)c1. The van der Waals surface area contributed by atoms with E-state index < -0.39 is 28.2 Å². The van der Waals surface area contributed by atoms with E-state index in [-0.39, 0.29) is 5.82 Å². The Morgan fingerprint density at radius 2 is 2.00 bits per heavy atom. The molecule has 1 amide bonds. The number of amides is 1. The van der Waals surface area contributed by atoms with Crippen molar-refractivity contribution < 1.29 is 22.3 Å². The summed E-state index contributed by atoms with van der Waals surface area (Å²) in [7, 11) is -2.13. The summed E-state index contributed by atoms with van der Waals surface area (Å²) >= 11 is 0. The van der Waals surface area contributed by atoms with Crippen LogP contribution in [0.4, 0.5) is 9.18 Å². The Hall–Kier alpha value is -2.45. The average Bonchev–Trinajstić information content (AvgIpc) is 2.68. The third-order valence-electron chi connectivity index (χ3n) is 5.11. The Balaban J connectivity index is 1.92. The summed E-state index contributed by atoms with van der Waals surface area (Å²) in [4.78, 5) is 13.9. The van der Waals surface area contributed by atoms with Gasteiger partial charge in [0.2, 0.25) is 10.0 Å². The lowest BCUT2D eigenvalue weighted by atomic mass is 9.90. The van der Waals surface area contributed by atoms with E-state index in [9.17, 15) is 17.6 Å². The Morgan fingerprint density at radius 3 is 2.69 bits per heavy atom. The quantitative estimate of drug-likeness (QED) is 0.806. The van der Waals surface area contributed by atoms with Gasteiger partial charge in [-0.2, -0.15) is 0 Å². The van der Waals surface area contributed by atoms with Crippen LogP contribution in [-0.2, 0) is 21.2 Å². The van der Waals surface area contributed by atoms with Gasteiger partial charge in [0, 0.05) is 18.2 Å². The standard InChI is InChI=1S/C21H25FN2O4S/c1-28-21(25)24-12-6-11-19(23-29(2,26)27)20(24)14-15-7-5-8-16(13-15)17-9-3-4-10-18(17)22/h3-5,7-10,13,19-20,23H,6,11-12,14H2,1-2H3. The fourth-order valence-electron chi connectivity index (χ4n) is 3.87. The smallest absolute Gasteiger partial charge is 0.409 e. The number of hydrogen-bond acceptors (Lipinski definition) is 4. The van der Waals surface area contributed by atoms with E-state index in [1.54, 1.807) is 23.1 Å². The highest BCUT2D eigenvalue weighted by molar-refractivity contribution is 7.88. The number of methoxy groups -OCH3 is 1. The highest BCUT2D eigenvalue weighted by atomic mass is 32.2. The number of carbonyl (C=O) groups is 1. The lowest BCUT2D eigenvalue weighted by Gasteiger charge is -2.40. The number of sulfonamides is 1. The van der Waals surface area contributed by atoms with Crippen molar-refractivity contribution in [1.29, 1.82) is 0 Å². The number of ether oxygens (including phenoxy) is 1. The Morgan fingerprint density at radius 1 is 1.24 bits per heavy atom. The van der Waals surface area contributed by atoms with Crippen molar-refractivity contribution in [2.75, 3.05) is 19.9 Å². The van der Waals surface area contributed by atoms with Gasteiger partial charge in [0.25, 0.3) is 0 Å². The number of halogens is 1. The van der Waals surface area contributed by atoms with Crippen LogP contribution in [0.15, 0.2) is 48.5 Å². The number of likely N-dealkylation sites (tertiary alicyclic amines) is 1. The zero-order valence-electron chi connectivity index (χ0n) is 16.5. The molecule has 1 heterocycles. The minimum absolute atomic E-state index is 0.310. The van der Waals surface area contributed by atoms with E-state index in [0.29, 0.717) is 31.4 Å². The normalized spacial score (nSPS) is 19.8. The molecule has 2 unspecified atom stereocenters. The number of nitrogens with zero attached hydrogens (tertiary/aromatic N) is 1. The minimum Gasteiger partial charge on any atom is -0.453 e. The van der Waals surface area contributed by atoms with Crippen LogP contribution in [0.1, 0.15) is 18.4 Å². The molecule has 1 N–H and O–H groups in total. The fraction of sp³-hybridized carbons (Fsp3) is 0.381. The first-order valence-electron chi connectivity index (χ1n) is 9.44. The van der Waals surface area contributed by atoms with Crippen LogP contribution < -0.4 is 4.72 Å². The van der Waals surface area contributed by atoms with E-state index in [4.69, 9.17) is 4.74 Å². The first-order valence-corrected chi connectivity index (χ1v) is 11.3. The van der Waals surface area contributed by atoms with Crippen LogP contribution >= 0.6 is 0 Å². The molecule has 6 nitrogen and oxygen atoms in total. The predicted octanol–water partition coefficient (Wildman–Crippen LogP) is 3.18. The van der Waals surface area contributed by atoms with Crippen molar-refractivity contribution in [3.63, 3.8) is 0 Å². The van der Waals surface area contributed by atoms with E-state index in [0.717, 1.165) is 17.4 Å². The summed E-state index contributed by atoms with van der Waals surface area (Å²) in [6, 6.07) is 13.1. The van der Waals surface area contributed by atoms with Crippen LogP contribution in [0.3, 0.4) is 0 Å².